The van der Waals surface area contributed by atoms with Crippen LogP contribution in [0.15, 0.2) is 42.5 Å². The molecule has 2 aromatic rings. The average Bonchev–Trinajstić information content (AvgIpc) is 2.52. The number of halogens is 1. The number of methoxy groups -OCH3 is 2. The molecule has 0 unspecified atom stereocenters. The molecule has 0 radical (unpaired) electrons. The summed E-state index contributed by atoms with van der Waals surface area (Å²) in [7, 11) is 3.25. The van der Waals surface area contributed by atoms with Crippen LogP contribution in [-0.2, 0) is 0 Å². The van der Waals surface area contributed by atoms with Crippen LogP contribution < -0.4 is 14.2 Å². The molecular formula is C16H17ClO3. The Kier molecular flexibility index (Phi) is 5.13. The van der Waals surface area contributed by atoms with E-state index in [1.54, 1.807) is 14.2 Å². The van der Waals surface area contributed by atoms with Gasteiger partial charge in [-0.25, -0.2) is 0 Å². The molecule has 0 N–H and O–H groups in total. The molecule has 4 heteroatoms. The fraction of sp³-hybridized carbons (Fsp3) is 0.250. The minimum atomic E-state index is 0.473. The van der Waals surface area contributed by atoms with Gasteiger partial charge in [-0.05, 0) is 35.4 Å². The molecule has 0 aliphatic rings. The highest BCUT2D eigenvalue weighted by Crippen LogP contribution is 2.33. The van der Waals surface area contributed by atoms with Crippen LogP contribution in [0.2, 0.25) is 0 Å². The van der Waals surface area contributed by atoms with E-state index in [-0.39, 0.29) is 0 Å². The zero-order valence-electron chi connectivity index (χ0n) is 11.6. The molecule has 106 valence electrons. The van der Waals surface area contributed by atoms with Crippen LogP contribution in [0.25, 0.3) is 11.1 Å². The van der Waals surface area contributed by atoms with Gasteiger partial charge in [0.15, 0.2) is 11.5 Å². The van der Waals surface area contributed by atoms with Gasteiger partial charge in [-0.15, -0.1) is 11.6 Å². The Bertz CT molecular complexity index is 569. The van der Waals surface area contributed by atoms with Gasteiger partial charge in [-0.1, -0.05) is 18.2 Å². The Morgan fingerprint density at radius 1 is 0.900 bits per heavy atom. The second-order valence-corrected chi connectivity index (χ2v) is 4.51. The molecule has 0 aliphatic heterocycles. The highest BCUT2D eigenvalue weighted by molar-refractivity contribution is 6.18. The van der Waals surface area contributed by atoms with Gasteiger partial charge in [0.1, 0.15) is 12.4 Å². The predicted octanol–water partition coefficient (Wildman–Crippen LogP) is 3.99. The van der Waals surface area contributed by atoms with Gasteiger partial charge < -0.3 is 14.2 Å². The second-order valence-electron chi connectivity index (χ2n) is 4.14. The highest BCUT2D eigenvalue weighted by atomic mass is 35.5. The molecule has 0 heterocycles. The van der Waals surface area contributed by atoms with Crippen molar-refractivity contribution in [2.45, 2.75) is 0 Å². The maximum absolute atomic E-state index is 5.63. The SMILES string of the molecule is COc1ccc(-c2cccc(OCCCl)c2)cc1OC. The van der Waals surface area contributed by atoms with Gasteiger partial charge in [0.25, 0.3) is 0 Å². The molecule has 0 aromatic heterocycles. The zero-order chi connectivity index (χ0) is 14.4. The molecule has 20 heavy (non-hydrogen) atoms. The Balaban J connectivity index is 2.31. The molecule has 0 saturated heterocycles. The van der Waals surface area contributed by atoms with Gasteiger partial charge >= 0.3 is 0 Å². The fourth-order valence-corrected chi connectivity index (χ4v) is 2.01. The van der Waals surface area contributed by atoms with Gasteiger partial charge in [0.05, 0.1) is 20.1 Å². The summed E-state index contributed by atoms with van der Waals surface area (Å²) >= 11 is 5.63. The van der Waals surface area contributed by atoms with E-state index in [1.165, 1.54) is 0 Å². The van der Waals surface area contributed by atoms with E-state index in [9.17, 15) is 0 Å². The summed E-state index contributed by atoms with van der Waals surface area (Å²) in [5, 5.41) is 0. The van der Waals surface area contributed by atoms with Crippen molar-refractivity contribution in [1.82, 2.24) is 0 Å². The van der Waals surface area contributed by atoms with Crippen molar-refractivity contribution in [3.8, 4) is 28.4 Å². The fourth-order valence-electron chi connectivity index (χ4n) is 1.94. The van der Waals surface area contributed by atoms with Gasteiger partial charge in [-0.3, -0.25) is 0 Å². The molecule has 0 fully saturated rings. The van der Waals surface area contributed by atoms with Gasteiger partial charge in [0.2, 0.25) is 0 Å². The Morgan fingerprint density at radius 2 is 1.65 bits per heavy atom. The molecule has 0 bridgehead atoms. The maximum atomic E-state index is 5.63. The first-order valence-corrected chi connectivity index (χ1v) is 6.83. The van der Waals surface area contributed by atoms with Crippen LogP contribution in [0.1, 0.15) is 0 Å². The summed E-state index contributed by atoms with van der Waals surface area (Å²) in [5.74, 6) is 2.70. The van der Waals surface area contributed by atoms with Crippen molar-refractivity contribution in [1.29, 1.82) is 0 Å². The van der Waals surface area contributed by atoms with Crippen molar-refractivity contribution in [2.75, 3.05) is 26.7 Å². The number of alkyl halides is 1. The second kappa shape index (κ2) is 7.06. The van der Waals surface area contributed by atoms with Crippen LogP contribution in [0.4, 0.5) is 0 Å². The van der Waals surface area contributed by atoms with E-state index in [2.05, 4.69) is 0 Å². The van der Waals surface area contributed by atoms with Crippen molar-refractivity contribution in [2.24, 2.45) is 0 Å². The molecule has 0 atom stereocenters. The van der Waals surface area contributed by atoms with E-state index in [0.717, 1.165) is 16.9 Å². The number of hydrogen-bond donors (Lipinski definition) is 0. The van der Waals surface area contributed by atoms with Gasteiger partial charge in [0, 0.05) is 0 Å². The number of hydrogen-bond acceptors (Lipinski definition) is 3. The lowest BCUT2D eigenvalue weighted by Gasteiger charge is -2.11. The van der Waals surface area contributed by atoms with Crippen LogP contribution in [0, 0.1) is 0 Å². The number of rotatable bonds is 6. The minimum Gasteiger partial charge on any atom is -0.493 e. The van der Waals surface area contributed by atoms with Crippen molar-refractivity contribution >= 4 is 11.6 Å². The molecule has 3 nitrogen and oxygen atoms in total. The van der Waals surface area contributed by atoms with Crippen LogP contribution in [0.5, 0.6) is 17.2 Å². The summed E-state index contributed by atoms with van der Waals surface area (Å²) in [6.45, 7) is 0.497. The summed E-state index contributed by atoms with van der Waals surface area (Å²) in [4.78, 5) is 0. The molecular weight excluding hydrogens is 276 g/mol. The lowest BCUT2D eigenvalue weighted by molar-refractivity contribution is 0.343. The Hall–Kier alpha value is -1.87. The van der Waals surface area contributed by atoms with E-state index in [4.69, 9.17) is 25.8 Å². The first-order chi connectivity index (χ1) is 9.78. The first-order valence-electron chi connectivity index (χ1n) is 6.29. The van der Waals surface area contributed by atoms with Crippen molar-refractivity contribution in [3.63, 3.8) is 0 Å². The Labute approximate surface area is 124 Å². The van der Waals surface area contributed by atoms with Crippen molar-refractivity contribution in [3.05, 3.63) is 42.5 Å². The third-order valence-electron chi connectivity index (χ3n) is 2.90. The lowest BCUT2D eigenvalue weighted by Crippen LogP contribution is -1.97. The van der Waals surface area contributed by atoms with Crippen LogP contribution in [-0.4, -0.2) is 26.7 Å². The third-order valence-corrected chi connectivity index (χ3v) is 3.05. The third kappa shape index (κ3) is 3.36. The molecule has 0 amide bonds. The topological polar surface area (TPSA) is 27.7 Å². The average molecular weight is 293 g/mol. The summed E-state index contributed by atoms with van der Waals surface area (Å²) in [6.07, 6.45) is 0. The van der Waals surface area contributed by atoms with E-state index >= 15 is 0 Å². The lowest BCUT2D eigenvalue weighted by atomic mass is 10.0. The van der Waals surface area contributed by atoms with E-state index in [1.807, 2.05) is 42.5 Å². The minimum absolute atomic E-state index is 0.473. The number of ether oxygens (including phenoxy) is 3. The smallest absolute Gasteiger partial charge is 0.161 e. The normalized spacial score (nSPS) is 10.2. The molecule has 0 aliphatic carbocycles. The highest BCUT2D eigenvalue weighted by Gasteiger charge is 2.06. The predicted molar refractivity (Wildman–Crippen MR) is 81.2 cm³/mol. The van der Waals surface area contributed by atoms with E-state index in [0.29, 0.717) is 24.0 Å². The van der Waals surface area contributed by atoms with Crippen LogP contribution in [0.3, 0.4) is 0 Å². The first kappa shape index (κ1) is 14.5. The standard InChI is InChI=1S/C16H17ClO3/c1-18-15-7-6-13(11-16(15)19-2)12-4-3-5-14(10-12)20-9-8-17/h3-7,10-11H,8-9H2,1-2H3. The largest absolute Gasteiger partial charge is 0.493 e. The van der Waals surface area contributed by atoms with E-state index < -0.39 is 0 Å². The Morgan fingerprint density at radius 3 is 2.35 bits per heavy atom. The van der Waals surface area contributed by atoms with Crippen LogP contribution >= 0.6 is 11.6 Å². The molecule has 0 spiro atoms. The quantitative estimate of drug-likeness (QED) is 0.754. The monoisotopic (exact) mass is 292 g/mol. The molecule has 0 saturated carbocycles. The van der Waals surface area contributed by atoms with Crippen molar-refractivity contribution < 1.29 is 14.2 Å². The number of benzene rings is 2. The maximum Gasteiger partial charge on any atom is 0.161 e. The molecule has 2 aromatic carbocycles. The summed E-state index contributed by atoms with van der Waals surface area (Å²) in [6, 6.07) is 13.7. The van der Waals surface area contributed by atoms with Gasteiger partial charge in [-0.2, -0.15) is 0 Å². The molecule has 2 rings (SSSR count). The summed E-state index contributed by atoms with van der Waals surface area (Å²) < 4.78 is 16.1. The zero-order valence-corrected chi connectivity index (χ0v) is 12.3. The summed E-state index contributed by atoms with van der Waals surface area (Å²) in [5.41, 5.74) is 2.09.